The Balaban J connectivity index is 1.07. The average molecular weight is 692 g/mol. The lowest BCUT2D eigenvalue weighted by atomic mass is 9.94. The van der Waals surface area contributed by atoms with E-state index in [2.05, 4.69) is 199 Å². The van der Waals surface area contributed by atoms with Crippen molar-refractivity contribution in [2.45, 2.75) is 12.8 Å². The molecule has 0 saturated heterocycles. The van der Waals surface area contributed by atoms with Crippen molar-refractivity contribution in [2.75, 3.05) is 4.90 Å². The van der Waals surface area contributed by atoms with Gasteiger partial charge in [-0.1, -0.05) is 140 Å². The van der Waals surface area contributed by atoms with Gasteiger partial charge in [0.25, 0.3) is 0 Å². The highest BCUT2D eigenvalue weighted by Gasteiger charge is 2.17. The minimum atomic E-state index is 0.907. The van der Waals surface area contributed by atoms with Gasteiger partial charge in [-0.15, -0.1) is 0 Å². The van der Waals surface area contributed by atoms with E-state index >= 15 is 0 Å². The van der Waals surface area contributed by atoms with E-state index in [1.54, 1.807) is 0 Å². The highest BCUT2D eigenvalue weighted by molar-refractivity contribution is 6.11. The lowest BCUT2D eigenvalue weighted by Gasteiger charge is -2.27. The Morgan fingerprint density at radius 3 is 1.89 bits per heavy atom. The molecule has 0 N–H and O–H groups in total. The molecule has 0 unspecified atom stereocenters. The molecule has 1 aromatic heterocycles. The first-order valence-electron chi connectivity index (χ1n) is 18.7. The summed E-state index contributed by atoms with van der Waals surface area (Å²) in [4.78, 5) is 2.38. The number of anilines is 3. The second-order valence-electron chi connectivity index (χ2n) is 14.0. The molecule has 2 nitrogen and oxygen atoms in total. The number of rotatable bonds is 7. The fourth-order valence-electron chi connectivity index (χ4n) is 7.91. The average Bonchev–Trinajstić information content (AvgIpc) is 3.63. The summed E-state index contributed by atoms with van der Waals surface area (Å²) in [7, 11) is 0. The summed E-state index contributed by atoms with van der Waals surface area (Å²) < 4.78 is 6.47. The standard InChI is InChI=1S/C52H37NO/c1-4-13-36(14-5-1)38-25-28-45(29-26-38)53(46-20-12-19-40(32-46)37-15-6-2-7-16-37)47-30-27-41-31-42(23-24-43(41)33-47)44-34-49(39-17-8-3-9-18-39)52-50(35-44)48-21-10-11-22-51(48)54-52/h1,3-6,8-35H,2,7H2. The second kappa shape index (κ2) is 13.6. The Hall–Kier alpha value is -6.90. The summed E-state index contributed by atoms with van der Waals surface area (Å²) in [5.41, 5.74) is 14.7. The topological polar surface area (TPSA) is 16.4 Å². The van der Waals surface area contributed by atoms with E-state index in [0.717, 1.165) is 63.0 Å². The maximum Gasteiger partial charge on any atom is 0.143 e. The van der Waals surface area contributed by atoms with Crippen molar-refractivity contribution in [2.24, 2.45) is 0 Å². The quantitative estimate of drug-likeness (QED) is 0.165. The molecular formula is C52H37NO. The molecule has 10 rings (SSSR count). The molecule has 0 spiro atoms. The summed E-state index contributed by atoms with van der Waals surface area (Å²) in [6.07, 6.45) is 9.06. The summed E-state index contributed by atoms with van der Waals surface area (Å²) in [5.74, 6) is 0. The van der Waals surface area contributed by atoms with Crippen LogP contribution in [0.15, 0.2) is 205 Å². The van der Waals surface area contributed by atoms with E-state index in [1.165, 1.54) is 44.2 Å². The molecule has 0 aliphatic heterocycles. The first-order chi connectivity index (χ1) is 26.7. The van der Waals surface area contributed by atoms with Crippen LogP contribution < -0.4 is 4.90 Å². The molecule has 2 heteroatoms. The fourth-order valence-corrected chi connectivity index (χ4v) is 7.91. The second-order valence-corrected chi connectivity index (χ2v) is 14.0. The van der Waals surface area contributed by atoms with Gasteiger partial charge in [0.1, 0.15) is 11.2 Å². The van der Waals surface area contributed by atoms with Gasteiger partial charge >= 0.3 is 0 Å². The number of furan rings is 1. The molecule has 0 atom stereocenters. The van der Waals surface area contributed by atoms with Crippen molar-refractivity contribution in [1.29, 1.82) is 0 Å². The molecule has 0 radical (unpaired) electrons. The van der Waals surface area contributed by atoms with Gasteiger partial charge in [0.15, 0.2) is 0 Å². The lowest BCUT2D eigenvalue weighted by Crippen LogP contribution is -2.10. The van der Waals surface area contributed by atoms with Gasteiger partial charge in [-0.05, 0) is 123 Å². The summed E-state index contributed by atoms with van der Waals surface area (Å²) in [6.45, 7) is 0. The highest BCUT2D eigenvalue weighted by atomic mass is 16.3. The number of hydrogen-bond acceptors (Lipinski definition) is 2. The van der Waals surface area contributed by atoms with Gasteiger partial charge in [0.2, 0.25) is 0 Å². The van der Waals surface area contributed by atoms with Gasteiger partial charge in [-0.25, -0.2) is 0 Å². The minimum absolute atomic E-state index is 0.907. The lowest BCUT2D eigenvalue weighted by molar-refractivity contribution is 0.670. The molecule has 0 fully saturated rings. The predicted molar refractivity (Wildman–Crippen MR) is 229 cm³/mol. The zero-order valence-electron chi connectivity index (χ0n) is 29.8. The van der Waals surface area contributed by atoms with Gasteiger partial charge < -0.3 is 9.32 Å². The van der Waals surface area contributed by atoms with Crippen molar-refractivity contribution >= 4 is 55.3 Å². The van der Waals surface area contributed by atoms with Crippen LogP contribution in [0.3, 0.4) is 0 Å². The van der Waals surface area contributed by atoms with Crippen LogP contribution in [-0.2, 0) is 0 Å². The molecule has 1 heterocycles. The monoisotopic (exact) mass is 691 g/mol. The van der Waals surface area contributed by atoms with Crippen molar-refractivity contribution in [3.05, 3.63) is 206 Å². The van der Waals surface area contributed by atoms with Gasteiger partial charge in [-0.3, -0.25) is 0 Å². The number of nitrogens with zero attached hydrogens (tertiary/aromatic N) is 1. The zero-order valence-corrected chi connectivity index (χ0v) is 29.8. The summed E-state index contributed by atoms with van der Waals surface area (Å²) in [5, 5.41) is 4.65. The molecule has 1 aliphatic rings. The van der Waals surface area contributed by atoms with Crippen LogP contribution in [0.1, 0.15) is 18.4 Å². The summed E-state index contributed by atoms with van der Waals surface area (Å²) >= 11 is 0. The molecule has 0 bridgehead atoms. The van der Waals surface area contributed by atoms with E-state index in [1.807, 2.05) is 6.07 Å². The van der Waals surface area contributed by atoms with E-state index in [4.69, 9.17) is 4.42 Å². The number of allylic oxidation sites excluding steroid dienone is 4. The Kier molecular flexibility index (Phi) is 8.00. The first-order valence-corrected chi connectivity index (χ1v) is 18.7. The maximum absolute atomic E-state index is 6.47. The number of benzene rings is 8. The Morgan fingerprint density at radius 2 is 1.07 bits per heavy atom. The van der Waals surface area contributed by atoms with E-state index in [0.29, 0.717) is 0 Å². The van der Waals surface area contributed by atoms with Crippen LogP contribution >= 0.6 is 0 Å². The summed E-state index contributed by atoms with van der Waals surface area (Å²) in [6, 6.07) is 65.6. The SMILES string of the molecule is C1=CC(c2cccc(N(c3ccc(-c4ccccc4)cc3)c3ccc4cc(-c5cc(-c6ccccc6)c6oc7ccccc7c6c5)ccc4c3)c2)=CCC1. The van der Waals surface area contributed by atoms with Crippen molar-refractivity contribution in [3.63, 3.8) is 0 Å². The molecule has 8 aromatic carbocycles. The van der Waals surface area contributed by atoms with Crippen molar-refractivity contribution in [1.82, 2.24) is 0 Å². The molecule has 0 amide bonds. The van der Waals surface area contributed by atoms with Crippen LogP contribution in [0.2, 0.25) is 0 Å². The molecule has 1 aliphatic carbocycles. The van der Waals surface area contributed by atoms with Crippen LogP contribution in [0, 0.1) is 0 Å². The van der Waals surface area contributed by atoms with Gasteiger partial charge in [0.05, 0.1) is 0 Å². The van der Waals surface area contributed by atoms with E-state index in [9.17, 15) is 0 Å². The van der Waals surface area contributed by atoms with E-state index in [-0.39, 0.29) is 0 Å². The third kappa shape index (κ3) is 5.88. The largest absolute Gasteiger partial charge is 0.455 e. The fraction of sp³-hybridized carbons (Fsp3) is 0.0385. The molecule has 54 heavy (non-hydrogen) atoms. The van der Waals surface area contributed by atoms with Crippen molar-refractivity contribution < 1.29 is 4.42 Å². The van der Waals surface area contributed by atoms with Crippen LogP contribution in [0.4, 0.5) is 17.1 Å². The molecular weight excluding hydrogens is 655 g/mol. The Labute approximate surface area is 315 Å². The molecule has 256 valence electrons. The van der Waals surface area contributed by atoms with E-state index < -0.39 is 0 Å². The van der Waals surface area contributed by atoms with Crippen LogP contribution in [0.25, 0.3) is 71.7 Å². The normalized spacial score (nSPS) is 12.7. The number of para-hydroxylation sites is 1. The van der Waals surface area contributed by atoms with Crippen LogP contribution in [0.5, 0.6) is 0 Å². The Bertz CT molecular complexity index is 2860. The smallest absolute Gasteiger partial charge is 0.143 e. The molecule has 0 saturated carbocycles. The van der Waals surface area contributed by atoms with Gasteiger partial charge in [0, 0.05) is 33.4 Å². The minimum Gasteiger partial charge on any atom is -0.455 e. The molecule has 9 aromatic rings. The first kappa shape index (κ1) is 31.8. The zero-order chi connectivity index (χ0) is 35.8. The third-order valence-corrected chi connectivity index (χ3v) is 10.6. The number of fused-ring (bicyclic) bond motifs is 4. The number of hydrogen-bond donors (Lipinski definition) is 0. The maximum atomic E-state index is 6.47. The Morgan fingerprint density at radius 1 is 0.407 bits per heavy atom. The predicted octanol–water partition coefficient (Wildman–Crippen LogP) is 14.9. The highest BCUT2D eigenvalue weighted by Crippen LogP contribution is 2.42. The van der Waals surface area contributed by atoms with Crippen LogP contribution in [-0.4, -0.2) is 0 Å². The van der Waals surface area contributed by atoms with Crippen molar-refractivity contribution in [3.8, 4) is 33.4 Å². The third-order valence-electron chi connectivity index (χ3n) is 10.6. The van der Waals surface area contributed by atoms with Gasteiger partial charge in [-0.2, -0.15) is 0 Å².